The molecule has 3 heterocycles. The van der Waals surface area contributed by atoms with E-state index >= 15 is 0 Å². The van der Waals surface area contributed by atoms with Crippen LogP contribution in [-0.2, 0) is 6.42 Å². The number of hydrogen-bond donors (Lipinski definition) is 1. The average Bonchev–Trinajstić information content (AvgIpc) is 2.87. The van der Waals surface area contributed by atoms with E-state index in [0.29, 0.717) is 17.9 Å². The van der Waals surface area contributed by atoms with Crippen molar-refractivity contribution in [3.05, 3.63) is 50.7 Å². The fourth-order valence-electron chi connectivity index (χ4n) is 1.99. The van der Waals surface area contributed by atoms with Crippen LogP contribution in [0, 0.1) is 10.1 Å². The Balaban J connectivity index is 2.19. The fourth-order valence-corrected chi connectivity index (χ4v) is 2.85. The molecule has 0 fully saturated rings. The largest absolute Gasteiger partial charge is 0.366 e. The Morgan fingerprint density at radius 3 is 2.83 bits per heavy atom. The summed E-state index contributed by atoms with van der Waals surface area (Å²) in [6.45, 7) is 1.85. The molecule has 0 aliphatic rings. The second kappa shape index (κ2) is 5.68. The molecule has 0 aliphatic carbocycles. The van der Waals surface area contributed by atoms with E-state index in [4.69, 9.17) is 5.84 Å². The van der Waals surface area contributed by atoms with Crippen LogP contribution in [0.3, 0.4) is 0 Å². The van der Waals surface area contributed by atoms with E-state index in [-0.39, 0.29) is 10.2 Å². The third kappa shape index (κ3) is 2.50. The summed E-state index contributed by atoms with van der Waals surface area (Å²) in [5.74, 6) is 6.35. The van der Waals surface area contributed by atoms with Crippen molar-refractivity contribution in [3.63, 3.8) is 0 Å². The van der Waals surface area contributed by atoms with Crippen LogP contribution < -0.4 is 11.4 Å². The van der Waals surface area contributed by atoms with Crippen LogP contribution in [0.25, 0.3) is 5.65 Å². The second-order valence-electron chi connectivity index (χ2n) is 4.48. The third-order valence-electron chi connectivity index (χ3n) is 3.10. The van der Waals surface area contributed by atoms with Crippen LogP contribution in [0.15, 0.2) is 39.4 Å². The van der Waals surface area contributed by atoms with E-state index in [1.807, 2.05) is 6.92 Å². The number of nitrogen functional groups attached to an aromatic ring is 1. The van der Waals surface area contributed by atoms with Crippen molar-refractivity contribution < 1.29 is 4.92 Å². The number of nitrogens with two attached hydrogens (primary N) is 1. The van der Waals surface area contributed by atoms with Gasteiger partial charge in [-0.15, -0.1) is 10.2 Å². The molecule has 0 radical (unpaired) electrons. The minimum Gasteiger partial charge on any atom is -0.336 e. The third-order valence-corrected chi connectivity index (χ3v) is 4.04. The summed E-state index contributed by atoms with van der Waals surface area (Å²) in [4.78, 5) is 27.0. The number of hydrogen-bond acceptors (Lipinski definition) is 8. The Hall–Kier alpha value is -2.95. The monoisotopic (exact) mass is 333 g/mol. The summed E-state index contributed by atoms with van der Waals surface area (Å²) in [6.07, 6.45) is 1.98. The van der Waals surface area contributed by atoms with E-state index < -0.39 is 16.2 Å². The lowest BCUT2D eigenvalue weighted by Crippen LogP contribution is -2.20. The van der Waals surface area contributed by atoms with E-state index in [1.165, 1.54) is 10.9 Å². The van der Waals surface area contributed by atoms with Gasteiger partial charge in [-0.2, -0.15) is 0 Å². The van der Waals surface area contributed by atoms with Gasteiger partial charge in [0.25, 0.3) is 0 Å². The van der Waals surface area contributed by atoms with Crippen LogP contribution in [0.2, 0.25) is 0 Å². The van der Waals surface area contributed by atoms with Crippen molar-refractivity contribution in [1.29, 1.82) is 0 Å². The molecule has 3 aromatic rings. The SMILES string of the molecule is CCc1nnc(Sc2nc3ccccn3c(=O)c2[N+](=O)[O-])n1N. The first kappa shape index (κ1) is 15.0. The van der Waals surface area contributed by atoms with Crippen molar-refractivity contribution in [1.82, 2.24) is 24.3 Å². The van der Waals surface area contributed by atoms with Gasteiger partial charge >= 0.3 is 11.2 Å². The minimum absolute atomic E-state index is 0.0760. The molecule has 0 amide bonds. The molecule has 0 saturated carbocycles. The fraction of sp³-hybridized carbons (Fsp3) is 0.167. The normalized spacial score (nSPS) is 11.0. The Bertz CT molecular complexity index is 965. The summed E-state index contributed by atoms with van der Waals surface area (Å²) in [5.41, 5.74) is -1.09. The number of nitrogens with zero attached hydrogens (tertiary/aromatic N) is 6. The van der Waals surface area contributed by atoms with Gasteiger partial charge in [0.2, 0.25) is 5.16 Å². The second-order valence-corrected chi connectivity index (χ2v) is 5.44. The summed E-state index contributed by atoms with van der Waals surface area (Å²) in [6, 6.07) is 4.86. The minimum atomic E-state index is -0.762. The summed E-state index contributed by atoms with van der Waals surface area (Å²) < 4.78 is 2.34. The maximum absolute atomic E-state index is 12.3. The Kier molecular flexibility index (Phi) is 3.70. The Morgan fingerprint density at radius 1 is 1.39 bits per heavy atom. The molecule has 0 aliphatic heterocycles. The molecular formula is C12H11N7O3S. The molecule has 10 nitrogen and oxygen atoms in total. The van der Waals surface area contributed by atoms with Crippen LogP contribution >= 0.6 is 11.8 Å². The predicted molar refractivity (Wildman–Crippen MR) is 81.8 cm³/mol. The first-order chi connectivity index (χ1) is 11.0. The van der Waals surface area contributed by atoms with Gasteiger partial charge in [-0.25, -0.2) is 9.66 Å². The van der Waals surface area contributed by atoms with Gasteiger partial charge in [-0.05, 0) is 23.9 Å². The van der Waals surface area contributed by atoms with E-state index in [1.54, 1.807) is 18.2 Å². The number of rotatable bonds is 4. The molecule has 2 N–H and O–H groups in total. The molecule has 3 aromatic heterocycles. The highest BCUT2D eigenvalue weighted by atomic mass is 32.2. The van der Waals surface area contributed by atoms with Crippen molar-refractivity contribution >= 4 is 23.1 Å². The van der Waals surface area contributed by atoms with Gasteiger partial charge in [0.15, 0.2) is 10.9 Å². The van der Waals surface area contributed by atoms with Crippen LogP contribution in [0.4, 0.5) is 5.69 Å². The number of nitro groups is 1. The lowest BCUT2D eigenvalue weighted by molar-refractivity contribution is -0.389. The number of aromatic nitrogens is 5. The molecule has 0 aromatic carbocycles. The maximum atomic E-state index is 12.3. The number of aryl methyl sites for hydroxylation is 1. The first-order valence-electron chi connectivity index (χ1n) is 6.56. The van der Waals surface area contributed by atoms with Crippen LogP contribution in [-0.4, -0.2) is 29.2 Å². The highest BCUT2D eigenvalue weighted by molar-refractivity contribution is 7.99. The van der Waals surface area contributed by atoms with Crippen molar-refractivity contribution in [2.24, 2.45) is 0 Å². The highest BCUT2D eigenvalue weighted by Gasteiger charge is 2.26. The van der Waals surface area contributed by atoms with E-state index in [0.717, 1.165) is 16.2 Å². The quantitative estimate of drug-likeness (QED) is 0.318. The zero-order valence-electron chi connectivity index (χ0n) is 11.9. The molecule has 0 bridgehead atoms. The van der Waals surface area contributed by atoms with Crippen molar-refractivity contribution in [2.45, 2.75) is 23.5 Å². The molecular weight excluding hydrogens is 322 g/mol. The van der Waals surface area contributed by atoms with Gasteiger partial charge < -0.3 is 5.84 Å². The van der Waals surface area contributed by atoms with E-state index in [2.05, 4.69) is 15.2 Å². The molecule has 0 atom stereocenters. The summed E-state index contributed by atoms with van der Waals surface area (Å²) in [7, 11) is 0. The average molecular weight is 333 g/mol. The topological polar surface area (TPSA) is 134 Å². The Morgan fingerprint density at radius 2 is 2.17 bits per heavy atom. The smallest absolute Gasteiger partial charge is 0.336 e. The molecule has 0 saturated heterocycles. The van der Waals surface area contributed by atoms with Gasteiger partial charge in [-0.1, -0.05) is 13.0 Å². The standard InChI is InChI=1S/C12H11N7O3S/c1-2-7-15-16-12(18(7)13)23-10-9(19(21)22)11(20)17-6-4-3-5-8(17)14-10/h3-6H,2,13H2,1H3. The molecule has 3 rings (SSSR count). The number of pyridine rings is 1. The summed E-state index contributed by atoms with van der Waals surface area (Å²) in [5, 5.41) is 19.2. The van der Waals surface area contributed by atoms with Crippen molar-refractivity contribution in [3.8, 4) is 0 Å². The zero-order valence-corrected chi connectivity index (χ0v) is 12.7. The highest BCUT2D eigenvalue weighted by Crippen LogP contribution is 2.29. The van der Waals surface area contributed by atoms with Gasteiger partial charge in [0, 0.05) is 12.6 Å². The molecule has 0 spiro atoms. The molecule has 118 valence electrons. The molecule has 23 heavy (non-hydrogen) atoms. The predicted octanol–water partition coefficient (Wildman–Crippen LogP) is 0.622. The maximum Gasteiger partial charge on any atom is 0.366 e. The lowest BCUT2D eigenvalue weighted by atomic mass is 10.4. The molecule has 0 unspecified atom stereocenters. The first-order valence-corrected chi connectivity index (χ1v) is 7.37. The van der Waals surface area contributed by atoms with Gasteiger partial charge in [0.05, 0.1) is 4.92 Å². The van der Waals surface area contributed by atoms with E-state index in [9.17, 15) is 14.9 Å². The van der Waals surface area contributed by atoms with Crippen LogP contribution in [0.5, 0.6) is 0 Å². The van der Waals surface area contributed by atoms with Gasteiger partial charge in [0.1, 0.15) is 5.65 Å². The summed E-state index contributed by atoms with van der Waals surface area (Å²) >= 11 is 0.833. The number of fused-ring (bicyclic) bond motifs is 1. The molecule has 11 heteroatoms. The lowest BCUT2D eigenvalue weighted by Gasteiger charge is -2.05. The van der Waals surface area contributed by atoms with Gasteiger partial charge in [-0.3, -0.25) is 19.3 Å². The van der Waals surface area contributed by atoms with Crippen LogP contribution in [0.1, 0.15) is 12.7 Å². The van der Waals surface area contributed by atoms with Crippen molar-refractivity contribution in [2.75, 3.05) is 5.84 Å². The zero-order chi connectivity index (χ0) is 16.6. The Labute approximate surface area is 133 Å².